The summed E-state index contributed by atoms with van der Waals surface area (Å²) in [5, 5.41) is 24.2. The molecule has 1 saturated heterocycles. The van der Waals surface area contributed by atoms with Crippen LogP contribution in [0, 0.1) is 5.82 Å². The van der Waals surface area contributed by atoms with Crippen molar-refractivity contribution in [2.45, 2.75) is 52.3 Å². The molecule has 2 heterocycles. The van der Waals surface area contributed by atoms with E-state index in [-0.39, 0.29) is 35.9 Å². The first-order chi connectivity index (χ1) is 14.6. The fraction of sp³-hybridized carbons (Fsp3) is 0.571. The molecule has 10 heteroatoms. The van der Waals surface area contributed by atoms with Crippen molar-refractivity contribution in [2.24, 2.45) is 4.99 Å². The Labute approximate surface area is 200 Å². The number of aryl methyl sites for hydroxylation is 1. The van der Waals surface area contributed by atoms with E-state index in [1.807, 2.05) is 28.5 Å². The summed E-state index contributed by atoms with van der Waals surface area (Å²) in [7, 11) is 0. The quantitative estimate of drug-likeness (QED) is 0.268. The van der Waals surface area contributed by atoms with Gasteiger partial charge in [0.2, 0.25) is 0 Å². The lowest BCUT2D eigenvalue weighted by atomic mass is 10.1. The monoisotopic (exact) mass is 545 g/mol. The van der Waals surface area contributed by atoms with Gasteiger partial charge in [-0.25, -0.2) is 9.38 Å². The van der Waals surface area contributed by atoms with E-state index in [1.165, 1.54) is 0 Å². The lowest BCUT2D eigenvalue weighted by molar-refractivity contribution is 0.145. The smallest absolute Gasteiger partial charge is 0.191 e. The van der Waals surface area contributed by atoms with Crippen LogP contribution < -0.4 is 15.5 Å². The molecular weight excluding hydrogens is 512 g/mol. The highest BCUT2D eigenvalue weighted by Gasteiger charge is 2.19. The Bertz CT molecular complexity index is 837. The number of piperidine rings is 1. The van der Waals surface area contributed by atoms with Crippen LogP contribution in [0.4, 0.5) is 10.1 Å². The average Bonchev–Trinajstić information content (AvgIpc) is 3.20. The first-order valence-electron chi connectivity index (χ1n) is 10.7. The van der Waals surface area contributed by atoms with Gasteiger partial charge in [0, 0.05) is 39.1 Å². The molecule has 31 heavy (non-hydrogen) atoms. The third-order valence-corrected chi connectivity index (χ3v) is 5.24. The molecule has 8 nitrogen and oxygen atoms in total. The largest absolute Gasteiger partial charge is 0.393 e. The van der Waals surface area contributed by atoms with Crippen molar-refractivity contribution in [2.75, 3.05) is 31.1 Å². The predicted octanol–water partition coefficient (Wildman–Crippen LogP) is 2.31. The SMILES string of the molecule is CCNC(=NCc1ccc(N2CCC(O)CC2)c(F)c1)NCCn1cnnc1CC.I. The highest BCUT2D eigenvalue weighted by atomic mass is 127. The summed E-state index contributed by atoms with van der Waals surface area (Å²) in [5.41, 5.74) is 1.41. The third kappa shape index (κ3) is 7.30. The van der Waals surface area contributed by atoms with E-state index in [1.54, 1.807) is 12.4 Å². The van der Waals surface area contributed by atoms with Gasteiger partial charge in [0.1, 0.15) is 18.0 Å². The Hall–Kier alpha value is -1.95. The summed E-state index contributed by atoms with van der Waals surface area (Å²) in [6, 6.07) is 5.29. The summed E-state index contributed by atoms with van der Waals surface area (Å²) in [6.45, 7) is 7.98. The highest BCUT2D eigenvalue weighted by molar-refractivity contribution is 14.0. The number of hydrogen-bond acceptors (Lipinski definition) is 5. The van der Waals surface area contributed by atoms with E-state index in [9.17, 15) is 9.50 Å². The number of hydrogen-bond donors (Lipinski definition) is 3. The molecule has 0 bridgehead atoms. The summed E-state index contributed by atoms with van der Waals surface area (Å²) in [6.07, 6.45) is 3.66. The molecule has 0 amide bonds. The summed E-state index contributed by atoms with van der Waals surface area (Å²) in [5.74, 6) is 1.41. The van der Waals surface area contributed by atoms with E-state index in [4.69, 9.17) is 0 Å². The van der Waals surface area contributed by atoms with Gasteiger partial charge >= 0.3 is 0 Å². The minimum Gasteiger partial charge on any atom is -0.393 e. The molecule has 2 aromatic rings. The van der Waals surface area contributed by atoms with Crippen molar-refractivity contribution in [1.82, 2.24) is 25.4 Å². The first kappa shape index (κ1) is 25.3. The average molecular weight is 545 g/mol. The molecule has 3 N–H and O–H groups in total. The number of aromatic nitrogens is 3. The molecule has 0 saturated carbocycles. The molecule has 1 aromatic carbocycles. The Kier molecular flexibility index (Phi) is 10.4. The Morgan fingerprint density at radius 3 is 2.71 bits per heavy atom. The molecule has 1 aliphatic heterocycles. The van der Waals surface area contributed by atoms with Gasteiger partial charge in [0.05, 0.1) is 18.3 Å². The van der Waals surface area contributed by atoms with Crippen molar-refractivity contribution in [1.29, 1.82) is 0 Å². The number of nitrogens with one attached hydrogen (secondary N) is 2. The second-order valence-electron chi connectivity index (χ2n) is 7.42. The van der Waals surface area contributed by atoms with E-state index >= 15 is 0 Å². The molecule has 0 spiro atoms. The third-order valence-electron chi connectivity index (χ3n) is 5.24. The van der Waals surface area contributed by atoms with Crippen molar-refractivity contribution in [3.63, 3.8) is 0 Å². The number of aliphatic hydroxyl groups excluding tert-OH is 1. The summed E-state index contributed by atoms with van der Waals surface area (Å²) in [4.78, 5) is 6.58. The van der Waals surface area contributed by atoms with Crippen LogP contribution in [0.3, 0.4) is 0 Å². The van der Waals surface area contributed by atoms with Crippen molar-refractivity contribution in [3.8, 4) is 0 Å². The Balaban J connectivity index is 0.00000341. The molecule has 172 valence electrons. The van der Waals surface area contributed by atoms with E-state index in [0.29, 0.717) is 50.7 Å². The maximum Gasteiger partial charge on any atom is 0.191 e. The number of benzene rings is 1. The molecule has 3 rings (SSSR count). The Morgan fingerprint density at radius 1 is 1.26 bits per heavy atom. The van der Waals surface area contributed by atoms with Crippen LogP contribution in [0.5, 0.6) is 0 Å². The minimum absolute atomic E-state index is 0. The topological polar surface area (TPSA) is 90.6 Å². The summed E-state index contributed by atoms with van der Waals surface area (Å²) < 4.78 is 16.7. The normalized spacial score (nSPS) is 15.0. The van der Waals surface area contributed by atoms with Gasteiger partial charge in [0.15, 0.2) is 5.96 Å². The minimum atomic E-state index is -0.270. The van der Waals surface area contributed by atoms with Crippen LogP contribution in [-0.4, -0.2) is 58.1 Å². The van der Waals surface area contributed by atoms with Crippen LogP contribution in [0.15, 0.2) is 29.5 Å². The van der Waals surface area contributed by atoms with Gasteiger partial charge in [-0.2, -0.15) is 0 Å². The lowest BCUT2D eigenvalue weighted by Gasteiger charge is -2.31. The number of aliphatic hydroxyl groups is 1. The zero-order valence-corrected chi connectivity index (χ0v) is 20.6. The Morgan fingerprint density at radius 2 is 2.03 bits per heavy atom. The van der Waals surface area contributed by atoms with Gasteiger partial charge < -0.3 is 25.2 Å². The van der Waals surface area contributed by atoms with Crippen LogP contribution in [-0.2, 0) is 19.5 Å². The molecule has 0 unspecified atom stereocenters. The zero-order valence-electron chi connectivity index (χ0n) is 18.2. The molecule has 1 fully saturated rings. The van der Waals surface area contributed by atoms with E-state index < -0.39 is 0 Å². The maximum atomic E-state index is 14.6. The lowest BCUT2D eigenvalue weighted by Crippen LogP contribution is -2.39. The van der Waals surface area contributed by atoms with Crippen LogP contribution >= 0.6 is 24.0 Å². The standard InChI is InChI=1S/C21H32FN7O.HI/c1-3-20-27-26-15-29(20)12-9-24-21(23-4-2)25-14-16-5-6-19(18(22)13-16)28-10-7-17(30)8-11-28;/h5-6,13,15,17,30H,3-4,7-12,14H2,1-2H3,(H2,23,24,25);1H. The van der Waals surface area contributed by atoms with Crippen LogP contribution in [0.2, 0.25) is 0 Å². The van der Waals surface area contributed by atoms with Crippen molar-refractivity contribution < 1.29 is 9.50 Å². The highest BCUT2D eigenvalue weighted by Crippen LogP contribution is 2.24. The van der Waals surface area contributed by atoms with E-state index in [2.05, 4.69) is 32.7 Å². The van der Waals surface area contributed by atoms with Crippen molar-refractivity contribution in [3.05, 3.63) is 41.7 Å². The fourth-order valence-corrected chi connectivity index (χ4v) is 3.56. The second-order valence-corrected chi connectivity index (χ2v) is 7.42. The van der Waals surface area contributed by atoms with Crippen LogP contribution in [0.25, 0.3) is 0 Å². The van der Waals surface area contributed by atoms with Crippen LogP contribution in [0.1, 0.15) is 38.1 Å². The van der Waals surface area contributed by atoms with Gasteiger partial charge in [0.25, 0.3) is 0 Å². The van der Waals surface area contributed by atoms with Crippen molar-refractivity contribution >= 4 is 35.6 Å². The molecule has 0 atom stereocenters. The second kappa shape index (κ2) is 12.8. The number of aliphatic imine (C=N–C) groups is 1. The number of rotatable bonds is 8. The maximum absolute atomic E-state index is 14.6. The number of anilines is 1. The fourth-order valence-electron chi connectivity index (χ4n) is 3.56. The number of guanidine groups is 1. The van der Waals surface area contributed by atoms with Gasteiger partial charge in [-0.05, 0) is 37.5 Å². The zero-order chi connectivity index (χ0) is 21.3. The predicted molar refractivity (Wildman–Crippen MR) is 131 cm³/mol. The molecule has 1 aliphatic rings. The molecule has 0 aliphatic carbocycles. The first-order valence-corrected chi connectivity index (χ1v) is 10.7. The number of nitrogens with zero attached hydrogens (tertiary/aromatic N) is 5. The number of halogens is 2. The van der Waals surface area contributed by atoms with Gasteiger partial charge in [-0.15, -0.1) is 34.2 Å². The van der Waals surface area contributed by atoms with E-state index in [0.717, 1.165) is 30.9 Å². The molecule has 1 aromatic heterocycles. The summed E-state index contributed by atoms with van der Waals surface area (Å²) >= 11 is 0. The van der Waals surface area contributed by atoms with Gasteiger partial charge in [-0.1, -0.05) is 13.0 Å². The molecular formula is C21H33FIN7O. The van der Waals surface area contributed by atoms with Gasteiger partial charge in [-0.3, -0.25) is 0 Å². The molecule has 0 radical (unpaired) electrons.